The van der Waals surface area contributed by atoms with E-state index in [1.54, 1.807) is 0 Å². The minimum absolute atomic E-state index is 0.166. The Bertz CT molecular complexity index is 342. The fourth-order valence-electron chi connectivity index (χ4n) is 2.56. The molecule has 0 radical (unpaired) electrons. The predicted molar refractivity (Wildman–Crippen MR) is 66.5 cm³/mol. The number of aliphatic hydroxyl groups is 1. The summed E-state index contributed by atoms with van der Waals surface area (Å²) in [6.45, 7) is 4.63. The zero-order valence-electron chi connectivity index (χ0n) is 10.3. The van der Waals surface area contributed by atoms with Crippen LogP contribution in [0.1, 0.15) is 31.2 Å². The van der Waals surface area contributed by atoms with Crippen LogP contribution < -0.4 is 0 Å². The minimum atomic E-state index is -0.252. The van der Waals surface area contributed by atoms with Gasteiger partial charge in [0, 0.05) is 6.54 Å². The number of halogens is 1. The van der Waals surface area contributed by atoms with Crippen LogP contribution in [0, 0.1) is 5.82 Å². The molecule has 0 amide bonds. The van der Waals surface area contributed by atoms with Gasteiger partial charge in [-0.25, -0.2) is 4.39 Å². The SMILES string of the molecule is CC(O)CN1CCC(c2ccc(F)cc2)CC1. The molecule has 0 bridgehead atoms. The van der Waals surface area contributed by atoms with Crippen molar-refractivity contribution < 1.29 is 9.50 Å². The highest BCUT2D eigenvalue weighted by Crippen LogP contribution is 2.27. The molecule has 0 spiro atoms. The first-order valence-corrected chi connectivity index (χ1v) is 6.31. The molecule has 17 heavy (non-hydrogen) atoms. The van der Waals surface area contributed by atoms with E-state index in [-0.39, 0.29) is 11.9 Å². The summed E-state index contributed by atoms with van der Waals surface area (Å²) < 4.78 is 12.8. The highest BCUT2D eigenvalue weighted by Gasteiger charge is 2.21. The second kappa shape index (κ2) is 5.61. The van der Waals surface area contributed by atoms with E-state index in [4.69, 9.17) is 0 Å². The smallest absolute Gasteiger partial charge is 0.123 e. The maximum atomic E-state index is 12.8. The number of hydrogen-bond donors (Lipinski definition) is 1. The topological polar surface area (TPSA) is 23.5 Å². The van der Waals surface area contributed by atoms with Gasteiger partial charge < -0.3 is 10.0 Å². The molecule has 94 valence electrons. The molecule has 2 nitrogen and oxygen atoms in total. The van der Waals surface area contributed by atoms with Crippen molar-refractivity contribution in [3.05, 3.63) is 35.6 Å². The Balaban J connectivity index is 1.88. The maximum absolute atomic E-state index is 12.8. The summed E-state index contributed by atoms with van der Waals surface area (Å²) in [6, 6.07) is 6.86. The van der Waals surface area contributed by atoms with Crippen molar-refractivity contribution in [1.82, 2.24) is 4.90 Å². The Labute approximate surface area is 102 Å². The van der Waals surface area contributed by atoms with Crippen LogP contribution in [0.25, 0.3) is 0 Å². The van der Waals surface area contributed by atoms with Crippen molar-refractivity contribution in [2.24, 2.45) is 0 Å². The quantitative estimate of drug-likeness (QED) is 0.872. The maximum Gasteiger partial charge on any atom is 0.123 e. The molecule has 3 heteroatoms. The molecule has 1 aromatic rings. The summed E-state index contributed by atoms with van der Waals surface area (Å²) in [5.41, 5.74) is 1.24. The fourth-order valence-corrected chi connectivity index (χ4v) is 2.56. The summed E-state index contributed by atoms with van der Waals surface area (Å²) in [5, 5.41) is 9.33. The van der Waals surface area contributed by atoms with Crippen molar-refractivity contribution >= 4 is 0 Å². The molecular formula is C14H20FNO. The zero-order chi connectivity index (χ0) is 12.3. The molecule has 0 saturated carbocycles. The Morgan fingerprint density at radius 1 is 1.29 bits per heavy atom. The lowest BCUT2D eigenvalue weighted by Gasteiger charge is -2.32. The predicted octanol–water partition coefficient (Wildman–Crippen LogP) is 2.39. The Morgan fingerprint density at radius 2 is 1.88 bits per heavy atom. The Hall–Kier alpha value is -0.930. The normalized spacial score (nSPS) is 20.4. The number of aliphatic hydroxyl groups excluding tert-OH is 1. The number of hydrogen-bond acceptors (Lipinski definition) is 2. The molecule has 1 aromatic carbocycles. The summed E-state index contributed by atoms with van der Waals surface area (Å²) in [5.74, 6) is 0.376. The van der Waals surface area contributed by atoms with Gasteiger partial charge in [0.25, 0.3) is 0 Å². The van der Waals surface area contributed by atoms with E-state index in [2.05, 4.69) is 4.90 Å². The summed E-state index contributed by atoms with van der Waals surface area (Å²) in [4.78, 5) is 2.30. The largest absolute Gasteiger partial charge is 0.392 e. The van der Waals surface area contributed by atoms with Crippen LogP contribution in [-0.4, -0.2) is 35.7 Å². The molecule has 2 rings (SSSR count). The number of nitrogens with zero attached hydrogens (tertiary/aromatic N) is 1. The van der Waals surface area contributed by atoms with E-state index in [0.717, 1.165) is 32.5 Å². The lowest BCUT2D eigenvalue weighted by atomic mass is 9.89. The van der Waals surface area contributed by atoms with Gasteiger partial charge >= 0.3 is 0 Å². The van der Waals surface area contributed by atoms with Crippen LogP contribution in [0.3, 0.4) is 0 Å². The fraction of sp³-hybridized carbons (Fsp3) is 0.571. The summed E-state index contributed by atoms with van der Waals surface area (Å²) in [6.07, 6.45) is 1.94. The van der Waals surface area contributed by atoms with Crippen LogP contribution in [0.5, 0.6) is 0 Å². The van der Waals surface area contributed by atoms with Crippen LogP contribution in [0.15, 0.2) is 24.3 Å². The minimum Gasteiger partial charge on any atom is -0.392 e. The molecule has 1 aliphatic rings. The van der Waals surface area contributed by atoms with E-state index < -0.39 is 0 Å². The van der Waals surface area contributed by atoms with E-state index in [9.17, 15) is 9.50 Å². The van der Waals surface area contributed by atoms with E-state index in [1.165, 1.54) is 17.7 Å². The second-order valence-corrected chi connectivity index (χ2v) is 4.98. The third kappa shape index (κ3) is 3.51. The van der Waals surface area contributed by atoms with Gasteiger partial charge in [0.15, 0.2) is 0 Å². The first-order chi connectivity index (χ1) is 8.15. The Morgan fingerprint density at radius 3 is 2.41 bits per heavy atom. The van der Waals surface area contributed by atoms with Crippen molar-refractivity contribution in [2.45, 2.75) is 31.8 Å². The second-order valence-electron chi connectivity index (χ2n) is 4.98. The van der Waals surface area contributed by atoms with Gasteiger partial charge in [0.1, 0.15) is 5.82 Å². The van der Waals surface area contributed by atoms with E-state index in [0.29, 0.717) is 5.92 Å². The van der Waals surface area contributed by atoms with Crippen molar-refractivity contribution in [3.8, 4) is 0 Å². The van der Waals surface area contributed by atoms with Crippen LogP contribution in [0.4, 0.5) is 4.39 Å². The van der Waals surface area contributed by atoms with Gasteiger partial charge in [0.2, 0.25) is 0 Å². The standard InChI is InChI=1S/C14H20FNO/c1-11(17)10-16-8-6-13(7-9-16)12-2-4-14(15)5-3-12/h2-5,11,13,17H,6-10H2,1H3. The van der Waals surface area contributed by atoms with Crippen LogP contribution in [0.2, 0.25) is 0 Å². The average Bonchev–Trinajstić information content (AvgIpc) is 2.30. The van der Waals surface area contributed by atoms with Gasteiger partial charge in [-0.3, -0.25) is 0 Å². The highest BCUT2D eigenvalue weighted by atomic mass is 19.1. The first-order valence-electron chi connectivity index (χ1n) is 6.31. The average molecular weight is 237 g/mol. The Kier molecular flexibility index (Phi) is 4.13. The number of β-amino-alcohol motifs (C(OH)–C–C–N with tert-alkyl or cyclic N) is 1. The summed E-state index contributed by atoms with van der Waals surface area (Å²) >= 11 is 0. The third-order valence-corrected chi connectivity index (χ3v) is 3.45. The van der Waals surface area contributed by atoms with E-state index in [1.807, 2.05) is 19.1 Å². The molecule has 1 unspecified atom stereocenters. The number of piperidine rings is 1. The third-order valence-electron chi connectivity index (χ3n) is 3.45. The molecule has 1 N–H and O–H groups in total. The highest BCUT2D eigenvalue weighted by molar-refractivity contribution is 5.21. The van der Waals surface area contributed by atoms with Crippen LogP contribution >= 0.6 is 0 Å². The number of likely N-dealkylation sites (tertiary alicyclic amines) is 1. The lowest BCUT2D eigenvalue weighted by Crippen LogP contribution is -2.37. The van der Waals surface area contributed by atoms with Gasteiger partial charge in [-0.05, 0) is 56.5 Å². The molecule has 1 fully saturated rings. The van der Waals surface area contributed by atoms with Gasteiger partial charge in [0.05, 0.1) is 6.10 Å². The molecule has 0 aromatic heterocycles. The van der Waals surface area contributed by atoms with Crippen molar-refractivity contribution in [3.63, 3.8) is 0 Å². The van der Waals surface area contributed by atoms with E-state index >= 15 is 0 Å². The first kappa shape index (κ1) is 12.5. The number of rotatable bonds is 3. The monoisotopic (exact) mass is 237 g/mol. The van der Waals surface area contributed by atoms with Crippen molar-refractivity contribution in [1.29, 1.82) is 0 Å². The molecule has 1 saturated heterocycles. The molecule has 0 aliphatic carbocycles. The van der Waals surface area contributed by atoms with Gasteiger partial charge in [-0.2, -0.15) is 0 Å². The van der Waals surface area contributed by atoms with Crippen LogP contribution in [-0.2, 0) is 0 Å². The molecular weight excluding hydrogens is 217 g/mol. The molecule has 1 heterocycles. The molecule has 1 aliphatic heterocycles. The molecule has 1 atom stereocenters. The van der Waals surface area contributed by atoms with Gasteiger partial charge in [-0.1, -0.05) is 12.1 Å². The van der Waals surface area contributed by atoms with Crippen molar-refractivity contribution in [2.75, 3.05) is 19.6 Å². The zero-order valence-corrected chi connectivity index (χ0v) is 10.3. The summed E-state index contributed by atoms with van der Waals surface area (Å²) in [7, 11) is 0. The van der Waals surface area contributed by atoms with Gasteiger partial charge in [-0.15, -0.1) is 0 Å². The lowest BCUT2D eigenvalue weighted by molar-refractivity contribution is 0.109. The number of benzene rings is 1.